The molecule has 3 aromatic rings. The molecule has 0 radical (unpaired) electrons. The Labute approximate surface area is 151 Å². The Morgan fingerprint density at radius 3 is 2.36 bits per heavy atom. The monoisotopic (exact) mass is 328 g/mol. The Bertz CT molecular complexity index is 925. The summed E-state index contributed by atoms with van der Waals surface area (Å²) in [6.45, 7) is 9.03. The van der Waals surface area contributed by atoms with Crippen molar-refractivity contribution in [1.82, 2.24) is 0 Å². The van der Waals surface area contributed by atoms with E-state index < -0.39 is 0 Å². The van der Waals surface area contributed by atoms with Crippen molar-refractivity contribution in [2.75, 3.05) is 0 Å². The third-order valence-corrected chi connectivity index (χ3v) is 4.98. The molecule has 0 spiro atoms. The predicted octanol–water partition coefficient (Wildman–Crippen LogP) is 7.56. The Hall–Kier alpha value is -2.34. The minimum absolute atomic E-state index is 0.416. The van der Waals surface area contributed by atoms with E-state index in [2.05, 4.69) is 101 Å². The molecule has 128 valence electrons. The van der Waals surface area contributed by atoms with Gasteiger partial charge in [-0.2, -0.15) is 0 Å². The van der Waals surface area contributed by atoms with Crippen LogP contribution in [0, 0.1) is 12.8 Å². The Morgan fingerprint density at radius 1 is 0.800 bits per heavy atom. The molecular weight excluding hydrogens is 300 g/mol. The lowest BCUT2D eigenvalue weighted by Crippen LogP contribution is -1.94. The highest BCUT2D eigenvalue weighted by atomic mass is 14.1. The minimum atomic E-state index is 0.416. The van der Waals surface area contributed by atoms with E-state index in [0.717, 1.165) is 12.3 Å². The van der Waals surface area contributed by atoms with Gasteiger partial charge in [0, 0.05) is 0 Å². The van der Waals surface area contributed by atoms with Crippen LogP contribution in [-0.2, 0) is 0 Å². The summed E-state index contributed by atoms with van der Waals surface area (Å²) in [5.74, 6) is 1.14. The van der Waals surface area contributed by atoms with Gasteiger partial charge in [-0.25, -0.2) is 0 Å². The van der Waals surface area contributed by atoms with Crippen molar-refractivity contribution in [1.29, 1.82) is 0 Å². The zero-order chi connectivity index (χ0) is 17.8. The smallest absolute Gasteiger partial charge is 0.000448 e. The predicted molar refractivity (Wildman–Crippen MR) is 112 cm³/mol. The highest BCUT2D eigenvalue weighted by molar-refractivity contribution is 6.08. The molecule has 0 saturated carbocycles. The lowest BCUT2D eigenvalue weighted by molar-refractivity contribution is 0.664. The first-order valence-corrected chi connectivity index (χ1v) is 9.32. The third kappa shape index (κ3) is 3.85. The molecule has 0 aliphatic carbocycles. The molecule has 0 aliphatic heterocycles. The second-order valence-corrected chi connectivity index (χ2v) is 7.39. The lowest BCUT2D eigenvalue weighted by Gasteiger charge is -2.14. The summed E-state index contributed by atoms with van der Waals surface area (Å²) in [6, 6.07) is 17.7. The van der Waals surface area contributed by atoms with E-state index in [4.69, 9.17) is 0 Å². The Morgan fingerprint density at radius 2 is 1.56 bits per heavy atom. The minimum Gasteiger partial charge on any atom is -0.0843 e. The molecular formula is C25H28. The standard InChI is InChI=1S/C25H28/c1-18(2)10-6-5-7-11-19(3)22-16-17-25-23(20(22)4)15-14-21-12-8-9-13-24(21)25/h5-9,11-19H,10H2,1-4H3. The summed E-state index contributed by atoms with van der Waals surface area (Å²) >= 11 is 0. The number of hydrogen-bond donors (Lipinski definition) is 0. The molecule has 0 fully saturated rings. The molecule has 0 aromatic heterocycles. The van der Waals surface area contributed by atoms with Gasteiger partial charge in [-0.05, 0) is 57.9 Å². The van der Waals surface area contributed by atoms with Crippen LogP contribution in [-0.4, -0.2) is 0 Å². The summed E-state index contributed by atoms with van der Waals surface area (Å²) in [4.78, 5) is 0. The van der Waals surface area contributed by atoms with Crippen LogP contribution in [0.2, 0.25) is 0 Å². The second-order valence-electron chi connectivity index (χ2n) is 7.39. The van der Waals surface area contributed by atoms with Gasteiger partial charge in [-0.15, -0.1) is 0 Å². The number of fused-ring (bicyclic) bond motifs is 3. The fraction of sp³-hybridized carbons (Fsp3) is 0.280. The molecule has 0 heterocycles. The van der Waals surface area contributed by atoms with Crippen molar-refractivity contribution in [3.8, 4) is 0 Å². The molecule has 3 rings (SSSR count). The maximum absolute atomic E-state index is 2.30. The van der Waals surface area contributed by atoms with Crippen LogP contribution in [0.1, 0.15) is 44.2 Å². The van der Waals surface area contributed by atoms with Crippen molar-refractivity contribution in [2.45, 2.75) is 40.0 Å². The molecule has 0 heteroatoms. The fourth-order valence-corrected chi connectivity index (χ4v) is 3.51. The number of rotatable bonds is 5. The molecule has 0 bridgehead atoms. The van der Waals surface area contributed by atoms with Crippen LogP contribution in [0.15, 0.2) is 72.8 Å². The summed E-state index contributed by atoms with van der Waals surface area (Å²) in [5, 5.41) is 5.37. The van der Waals surface area contributed by atoms with Crippen molar-refractivity contribution in [2.24, 2.45) is 5.92 Å². The highest BCUT2D eigenvalue weighted by Gasteiger charge is 2.09. The molecule has 0 nitrogen and oxygen atoms in total. The van der Waals surface area contributed by atoms with Crippen molar-refractivity contribution in [3.63, 3.8) is 0 Å². The maximum Gasteiger partial charge on any atom is -0.000448 e. The SMILES string of the molecule is Cc1c(C(C)C=CC=CCC(C)C)ccc2c1ccc1ccccc12. The zero-order valence-electron chi connectivity index (χ0n) is 15.8. The quantitative estimate of drug-likeness (QED) is 0.335. The molecule has 1 atom stereocenters. The largest absolute Gasteiger partial charge is 0.0843 e. The van der Waals surface area contributed by atoms with Crippen LogP contribution in [0.5, 0.6) is 0 Å². The van der Waals surface area contributed by atoms with E-state index >= 15 is 0 Å². The topological polar surface area (TPSA) is 0 Å². The third-order valence-electron chi connectivity index (χ3n) is 4.98. The lowest BCUT2D eigenvalue weighted by atomic mass is 9.90. The number of allylic oxidation sites excluding steroid dienone is 4. The van der Waals surface area contributed by atoms with Gasteiger partial charge in [-0.1, -0.05) is 93.6 Å². The molecule has 0 N–H and O–H groups in total. The highest BCUT2D eigenvalue weighted by Crippen LogP contribution is 2.32. The van der Waals surface area contributed by atoms with E-state index in [1.165, 1.54) is 32.7 Å². The van der Waals surface area contributed by atoms with Gasteiger partial charge in [0.2, 0.25) is 0 Å². The first kappa shape index (κ1) is 17.5. The summed E-state index contributed by atoms with van der Waals surface area (Å²) in [6.07, 6.45) is 10.1. The molecule has 25 heavy (non-hydrogen) atoms. The number of benzene rings is 3. The van der Waals surface area contributed by atoms with Gasteiger partial charge in [-0.3, -0.25) is 0 Å². The molecule has 3 aromatic carbocycles. The van der Waals surface area contributed by atoms with Crippen molar-refractivity contribution >= 4 is 21.5 Å². The summed E-state index contributed by atoms with van der Waals surface area (Å²) < 4.78 is 0. The van der Waals surface area contributed by atoms with E-state index in [1.54, 1.807) is 0 Å². The molecule has 0 amide bonds. The van der Waals surface area contributed by atoms with Crippen LogP contribution >= 0.6 is 0 Å². The number of hydrogen-bond acceptors (Lipinski definition) is 0. The number of aryl methyl sites for hydroxylation is 1. The first-order valence-electron chi connectivity index (χ1n) is 9.32. The van der Waals surface area contributed by atoms with Gasteiger partial charge in [0.15, 0.2) is 0 Å². The Kier molecular flexibility index (Phi) is 5.38. The molecule has 0 saturated heterocycles. The van der Waals surface area contributed by atoms with Gasteiger partial charge in [0.05, 0.1) is 0 Å². The average Bonchev–Trinajstić information content (AvgIpc) is 2.61. The van der Waals surface area contributed by atoms with Crippen LogP contribution in [0.25, 0.3) is 21.5 Å². The van der Waals surface area contributed by atoms with E-state index in [0.29, 0.717) is 5.92 Å². The average molecular weight is 328 g/mol. The van der Waals surface area contributed by atoms with Gasteiger partial charge in [0.1, 0.15) is 0 Å². The summed E-state index contributed by atoms with van der Waals surface area (Å²) in [7, 11) is 0. The van der Waals surface area contributed by atoms with Crippen molar-refractivity contribution in [3.05, 3.63) is 84.0 Å². The molecule has 1 unspecified atom stereocenters. The first-order chi connectivity index (χ1) is 12.1. The van der Waals surface area contributed by atoms with Crippen LogP contribution in [0.4, 0.5) is 0 Å². The Balaban J connectivity index is 1.92. The molecule has 0 aliphatic rings. The van der Waals surface area contributed by atoms with Gasteiger partial charge < -0.3 is 0 Å². The fourth-order valence-electron chi connectivity index (χ4n) is 3.51. The van der Waals surface area contributed by atoms with Crippen LogP contribution in [0.3, 0.4) is 0 Å². The van der Waals surface area contributed by atoms with Crippen LogP contribution < -0.4 is 0 Å². The van der Waals surface area contributed by atoms with Gasteiger partial charge >= 0.3 is 0 Å². The maximum atomic E-state index is 2.30. The van der Waals surface area contributed by atoms with Crippen molar-refractivity contribution < 1.29 is 0 Å². The van der Waals surface area contributed by atoms with Gasteiger partial charge in [0.25, 0.3) is 0 Å². The van der Waals surface area contributed by atoms with E-state index in [1.807, 2.05) is 0 Å². The second kappa shape index (κ2) is 7.70. The summed E-state index contributed by atoms with van der Waals surface area (Å²) in [5.41, 5.74) is 2.81. The normalized spacial score (nSPS) is 13.6. The van der Waals surface area contributed by atoms with E-state index in [-0.39, 0.29) is 0 Å². The zero-order valence-corrected chi connectivity index (χ0v) is 15.8. The van der Waals surface area contributed by atoms with E-state index in [9.17, 15) is 0 Å².